The average Bonchev–Trinajstić information content (AvgIpc) is 2.82. The molecule has 1 fully saturated rings. The molecule has 92 valence electrons. The van der Waals surface area contributed by atoms with E-state index in [0.717, 1.165) is 25.2 Å². The molecule has 0 aromatic carbocycles. The van der Waals surface area contributed by atoms with Gasteiger partial charge in [-0.25, -0.2) is 9.78 Å². The SMILES string of the molecule is Cc1cccnc1NC(=O)NC[C@H]1CCOC1. The number of aryl methyl sites for hydroxylation is 1. The van der Waals surface area contributed by atoms with Crippen LogP contribution in [-0.4, -0.2) is 30.8 Å². The summed E-state index contributed by atoms with van der Waals surface area (Å²) in [5.74, 6) is 1.04. The number of aromatic nitrogens is 1. The van der Waals surface area contributed by atoms with Crippen molar-refractivity contribution in [2.45, 2.75) is 13.3 Å². The molecule has 1 aliphatic heterocycles. The second-order valence-corrected chi connectivity index (χ2v) is 4.23. The third-order valence-electron chi connectivity index (χ3n) is 2.82. The molecule has 0 spiro atoms. The van der Waals surface area contributed by atoms with Crippen LogP contribution in [0.25, 0.3) is 0 Å². The highest BCUT2D eigenvalue weighted by molar-refractivity contribution is 5.88. The van der Waals surface area contributed by atoms with Gasteiger partial charge in [0.1, 0.15) is 5.82 Å². The molecule has 1 atom stereocenters. The fraction of sp³-hybridized carbons (Fsp3) is 0.500. The van der Waals surface area contributed by atoms with Crippen LogP contribution >= 0.6 is 0 Å². The summed E-state index contributed by atoms with van der Waals surface area (Å²) in [4.78, 5) is 15.7. The molecule has 0 radical (unpaired) electrons. The monoisotopic (exact) mass is 235 g/mol. The fourth-order valence-corrected chi connectivity index (χ4v) is 1.75. The molecule has 5 heteroatoms. The molecule has 1 aliphatic rings. The van der Waals surface area contributed by atoms with Crippen LogP contribution < -0.4 is 10.6 Å². The molecule has 1 aromatic rings. The average molecular weight is 235 g/mol. The third kappa shape index (κ3) is 3.42. The van der Waals surface area contributed by atoms with E-state index in [1.54, 1.807) is 6.20 Å². The maximum atomic E-state index is 11.6. The van der Waals surface area contributed by atoms with Crippen molar-refractivity contribution in [1.29, 1.82) is 0 Å². The molecule has 2 rings (SSSR count). The van der Waals surface area contributed by atoms with Crippen LogP contribution in [0, 0.1) is 12.8 Å². The lowest BCUT2D eigenvalue weighted by molar-refractivity contribution is 0.185. The molecular weight excluding hydrogens is 218 g/mol. The molecule has 5 nitrogen and oxygen atoms in total. The summed E-state index contributed by atoms with van der Waals surface area (Å²) >= 11 is 0. The summed E-state index contributed by atoms with van der Waals surface area (Å²) in [6, 6.07) is 3.54. The maximum absolute atomic E-state index is 11.6. The number of carbonyl (C=O) groups is 1. The van der Waals surface area contributed by atoms with Crippen molar-refractivity contribution in [2.24, 2.45) is 5.92 Å². The smallest absolute Gasteiger partial charge is 0.320 e. The second-order valence-electron chi connectivity index (χ2n) is 4.23. The molecule has 0 bridgehead atoms. The summed E-state index contributed by atoms with van der Waals surface area (Å²) in [7, 11) is 0. The molecular formula is C12H17N3O2. The lowest BCUT2D eigenvalue weighted by Gasteiger charge is -2.11. The highest BCUT2D eigenvalue weighted by Crippen LogP contribution is 2.11. The van der Waals surface area contributed by atoms with E-state index in [-0.39, 0.29) is 6.03 Å². The Bertz CT molecular complexity index is 389. The van der Waals surface area contributed by atoms with Crippen LogP contribution in [0.5, 0.6) is 0 Å². The standard InChI is InChI=1S/C12H17N3O2/c1-9-3-2-5-13-11(9)15-12(16)14-7-10-4-6-17-8-10/h2-3,5,10H,4,6-8H2,1H3,(H2,13,14,15,16)/t10-/m1/s1. The number of carbonyl (C=O) groups excluding carboxylic acids is 1. The number of rotatable bonds is 3. The minimum absolute atomic E-state index is 0.210. The molecule has 1 aromatic heterocycles. The highest BCUT2D eigenvalue weighted by Gasteiger charge is 2.16. The van der Waals surface area contributed by atoms with Gasteiger partial charge < -0.3 is 10.1 Å². The topological polar surface area (TPSA) is 63.2 Å². The summed E-state index contributed by atoms with van der Waals surface area (Å²) in [5, 5.41) is 5.56. The Morgan fingerprint density at radius 1 is 1.65 bits per heavy atom. The van der Waals surface area contributed by atoms with Crippen LogP contribution in [0.2, 0.25) is 0 Å². The predicted molar refractivity (Wildman–Crippen MR) is 64.9 cm³/mol. The molecule has 1 saturated heterocycles. The first-order chi connectivity index (χ1) is 8.25. The van der Waals surface area contributed by atoms with Gasteiger partial charge in [0.05, 0.1) is 6.61 Å². The van der Waals surface area contributed by atoms with E-state index in [2.05, 4.69) is 15.6 Å². The first kappa shape index (κ1) is 11.9. The van der Waals surface area contributed by atoms with Gasteiger partial charge in [0.2, 0.25) is 0 Å². The molecule has 2 heterocycles. The Morgan fingerprint density at radius 2 is 2.53 bits per heavy atom. The number of nitrogens with zero attached hydrogens (tertiary/aromatic N) is 1. The van der Waals surface area contributed by atoms with Gasteiger partial charge >= 0.3 is 6.03 Å². The number of ether oxygens (including phenoxy) is 1. The number of urea groups is 1. The quantitative estimate of drug-likeness (QED) is 0.835. The van der Waals surface area contributed by atoms with Crippen LogP contribution in [0.15, 0.2) is 18.3 Å². The first-order valence-corrected chi connectivity index (χ1v) is 5.80. The number of amides is 2. The van der Waals surface area contributed by atoms with E-state index in [9.17, 15) is 4.79 Å². The first-order valence-electron chi connectivity index (χ1n) is 5.80. The van der Waals surface area contributed by atoms with Crippen molar-refractivity contribution in [3.8, 4) is 0 Å². The number of pyridine rings is 1. The highest BCUT2D eigenvalue weighted by atomic mass is 16.5. The zero-order valence-corrected chi connectivity index (χ0v) is 9.90. The van der Waals surface area contributed by atoms with Gasteiger partial charge in [0, 0.05) is 25.3 Å². The Kier molecular flexibility index (Phi) is 3.93. The van der Waals surface area contributed by atoms with Gasteiger partial charge in [-0.15, -0.1) is 0 Å². The van der Waals surface area contributed by atoms with Gasteiger partial charge in [-0.2, -0.15) is 0 Å². The van der Waals surface area contributed by atoms with Crippen molar-refractivity contribution >= 4 is 11.8 Å². The Morgan fingerprint density at radius 3 is 3.24 bits per heavy atom. The summed E-state index contributed by atoms with van der Waals surface area (Å²) in [5.41, 5.74) is 0.951. The van der Waals surface area contributed by atoms with E-state index in [0.29, 0.717) is 18.3 Å². The van der Waals surface area contributed by atoms with Gasteiger partial charge in [-0.3, -0.25) is 5.32 Å². The number of nitrogens with one attached hydrogen (secondary N) is 2. The van der Waals surface area contributed by atoms with Crippen LogP contribution in [0.3, 0.4) is 0 Å². The van der Waals surface area contributed by atoms with E-state index < -0.39 is 0 Å². The predicted octanol–water partition coefficient (Wildman–Crippen LogP) is 1.55. The van der Waals surface area contributed by atoms with Crippen LogP contribution in [0.1, 0.15) is 12.0 Å². The van der Waals surface area contributed by atoms with Gasteiger partial charge in [-0.05, 0) is 25.0 Å². The van der Waals surface area contributed by atoms with E-state index in [1.807, 2.05) is 19.1 Å². The lowest BCUT2D eigenvalue weighted by Crippen LogP contribution is -2.33. The zero-order chi connectivity index (χ0) is 12.1. The Balaban J connectivity index is 1.79. The van der Waals surface area contributed by atoms with Crippen LogP contribution in [-0.2, 0) is 4.74 Å². The van der Waals surface area contributed by atoms with Gasteiger partial charge in [0.15, 0.2) is 0 Å². The minimum atomic E-state index is -0.210. The Hall–Kier alpha value is -1.62. The third-order valence-corrected chi connectivity index (χ3v) is 2.82. The second kappa shape index (κ2) is 5.63. The maximum Gasteiger partial charge on any atom is 0.320 e. The largest absolute Gasteiger partial charge is 0.381 e. The lowest BCUT2D eigenvalue weighted by atomic mass is 10.1. The van der Waals surface area contributed by atoms with E-state index in [4.69, 9.17) is 4.74 Å². The van der Waals surface area contributed by atoms with E-state index >= 15 is 0 Å². The van der Waals surface area contributed by atoms with Crippen molar-refractivity contribution in [3.63, 3.8) is 0 Å². The number of hydrogen-bond acceptors (Lipinski definition) is 3. The minimum Gasteiger partial charge on any atom is -0.381 e. The van der Waals surface area contributed by atoms with Crippen molar-refractivity contribution in [1.82, 2.24) is 10.3 Å². The summed E-state index contributed by atoms with van der Waals surface area (Å²) < 4.78 is 5.24. The van der Waals surface area contributed by atoms with Crippen molar-refractivity contribution in [2.75, 3.05) is 25.1 Å². The van der Waals surface area contributed by atoms with Gasteiger partial charge in [0.25, 0.3) is 0 Å². The summed E-state index contributed by atoms with van der Waals surface area (Å²) in [6.07, 6.45) is 2.68. The number of anilines is 1. The summed E-state index contributed by atoms with van der Waals surface area (Å²) in [6.45, 7) is 4.10. The molecule has 17 heavy (non-hydrogen) atoms. The van der Waals surface area contributed by atoms with Gasteiger partial charge in [-0.1, -0.05) is 6.07 Å². The van der Waals surface area contributed by atoms with Crippen LogP contribution in [0.4, 0.5) is 10.6 Å². The molecule has 2 amide bonds. The fourth-order valence-electron chi connectivity index (χ4n) is 1.75. The molecule has 0 aliphatic carbocycles. The molecule has 2 N–H and O–H groups in total. The number of hydrogen-bond donors (Lipinski definition) is 2. The Labute approximate surface area is 101 Å². The zero-order valence-electron chi connectivity index (χ0n) is 9.90. The van der Waals surface area contributed by atoms with Crippen molar-refractivity contribution in [3.05, 3.63) is 23.9 Å². The molecule has 0 unspecified atom stereocenters. The van der Waals surface area contributed by atoms with Crippen molar-refractivity contribution < 1.29 is 9.53 Å². The normalized spacial score (nSPS) is 19.0. The van der Waals surface area contributed by atoms with E-state index in [1.165, 1.54) is 0 Å². The molecule has 0 saturated carbocycles.